The maximum Gasteiger partial charge on any atom is 0.119 e. The zero-order valence-electron chi connectivity index (χ0n) is 20.5. The average Bonchev–Trinajstić information content (AvgIpc) is 2.74. The van der Waals surface area contributed by atoms with Crippen LogP contribution in [0.3, 0.4) is 0 Å². The summed E-state index contributed by atoms with van der Waals surface area (Å²) >= 11 is 0. The lowest BCUT2D eigenvalue weighted by atomic mass is 10.1. The second-order valence-electron chi connectivity index (χ2n) is 8.90. The minimum absolute atomic E-state index is 0.791. The lowest BCUT2D eigenvalue weighted by Gasteiger charge is -2.10. The van der Waals surface area contributed by atoms with Crippen LogP contribution >= 0.6 is 0 Å². The van der Waals surface area contributed by atoms with Gasteiger partial charge in [-0.3, -0.25) is 0 Å². The van der Waals surface area contributed by atoms with E-state index in [4.69, 9.17) is 4.74 Å². The van der Waals surface area contributed by atoms with Crippen LogP contribution in [-0.2, 0) is 0 Å². The molecular formula is C28H42N2O. The van der Waals surface area contributed by atoms with Gasteiger partial charge in [-0.1, -0.05) is 70.8 Å². The number of rotatable bonds is 14. The molecule has 0 saturated heterocycles. The molecule has 0 aliphatic carbocycles. The van der Waals surface area contributed by atoms with E-state index in [0.29, 0.717) is 0 Å². The third-order valence-corrected chi connectivity index (χ3v) is 5.99. The van der Waals surface area contributed by atoms with Gasteiger partial charge in [0.25, 0.3) is 0 Å². The van der Waals surface area contributed by atoms with Crippen LogP contribution in [-0.4, -0.2) is 6.61 Å². The Labute approximate surface area is 190 Å². The smallest absolute Gasteiger partial charge is 0.119 e. The zero-order chi connectivity index (χ0) is 22.5. The van der Waals surface area contributed by atoms with E-state index in [2.05, 4.69) is 69.1 Å². The lowest BCUT2D eigenvalue weighted by molar-refractivity contribution is 0.304. The number of ether oxygens (including phenoxy) is 1. The number of benzene rings is 2. The minimum Gasteiger partial charge on any atom is -0.494 e. The quantitative estimate of drug-likeness (QED) is 0.220. The highest BCUT2D eigenvalue weighted by molar-refractivity contribution is 5.55. The van der Waals surface area contributed by atoms with E-state index in [9.17, 15) is 0 Å². The summed E-state index contributed by atoms with van der Waals surface area (Å²) in [4.78, 5) is 0. The monoisotopic (exact) mass is 422 g/mol. The summed E-state index contributed by atoms with van der Waals surface area (Å²) in [6, 6.07) is 10.3. The second-order valence-corrected chi connectivity index (χ2v) is 8.90. The van der Waals surface area contributed by atoms with Crippen molar-refractivity contribution in [1.29, 1.82) is 0 Å². The van der Waals surface area contributed by atoms with Crippen molar-refractivity contribution in [2.75, 3.05) is 6.61 Å². The average molecular weight is 423 g/mol. The molecule has 0 fully saturated rings. The maximum atomic E-state index is 6.01. The highest BCUT2D eigenvalue weighted by Crippen LogP contribution is 2.30. The van der Waals surface area contributed by atoms with Crippen molar-refractivity contribution in [3.05, 3.63) is 52.6 Å². The van der Waals surface area contributed by atoms with Crippen LogP contribution in [0.5, 0.6) is 5.75 Å². The van der Waals surface area contributed by atoms with E-state index in [1.807, 2.05) is 6.07 Å². The Morgan fingerprint density at radius 2 is 1.19 bits per heavy atom. The predicted octanol–water partition coefficient (Wildman–Crippen LogP) is 9.64. The molecule has 2 rings (SSSR count). The van der Waals surface area contributed by atoms with Crippen LogP contribution < -0.4 is 4.74 Å². The number of nitrogens with zero attached hydrogens (tertiary/aromatic N) is 2. The van der Waals surface area contributed by atoms with Gasteiger partial charge in [0.05, 0.1) is 18.0 Å². The molecule has 0 heterocycles. The molecule has 0 aliphatic rings. The van der Waals surface area contributed by atoms with Gasteiger partial charge in [-0.15, -0.1) is 0 Å². The molecule has 0 spiro atoms. The molecule has 170 valence electrons. The molecular weight excluding hydrogens is 380 g/mol. The Kier molecular flexibility index (Phi) is 11.3. The van der Waals surface area contributed by atoms with Crippen LogP contribution in [0.2, 0.25) is 0 Å². The molecule has 0 atom stereocenters. The first kappa shape index (κ1) is 25.1. The van der Waals surface area contributed by atoms with Gasteiger partial charge in [0.2, 0.25) is 0 Å². The van der Waals surface area contributed by atoms with Crippen molar-refractivity contribution in [2.24, 2.45) is 10.2 Å². The van der Waals surface area contributed by atoms with Gasteiger partial charge >= 0.3 is 0 Å². The SMILES string of the molecule is CCCCCCCCCCCCOc1cc(C)c(N=Nc2ccc(C)c(C)c2)c(C)c1. The van der Waals surface area contributed by atoms with E-state index in [1.165, 1.54) is 68.9 Å². The van der Waals surface area contributed by atoms with Crippen LogP contribution in [0.25, 0.3) is 0 Å². The summed E-state index contributed by atoms with van der Waals surface area (Å²) in [7, 11) is 0. The van der Waals surface area contributed by atoms with Gasteiger partial charge in [-0.2, -0.15) is 10.2 Å². The molecule has 0 aromatic heterocycles. The molecule has 0 radical (unpaired) electrons. The molecule has 2 aromatic carbocycles. The maximum absolute atomic E-state index is 6.01. The fourth-order valence-corrected chi connectivity index (χ4v) is 3.83. The van der Waals surface area contributed by atoms with Crippen LogP contribution in [0.15, 0.2) is 40.6 Å². The standard InChI is InChI=1S/C28H42N2O/c1-6-7-8-9-10-11-12-13-14-15-18-31-27-20-24(4)28(25(5)21-27)30-29-26-17-16-22(2)23(3)19-26/h16-17,19-21H,6-15,18H2,1-5H3. The number of hydrogen-bond donors (Lipinski definition) is 0. The zero-order valence-corrected chi connectivity index (χ0v) is 20.5. The Bertz CT molecular complexity index is 803. The van der Waals surface area contributed by atoms with Crippen molar-refractivity contribution in [3.8, 4) is 5.75 Å². The highest BCUT2D eigenvalue weighted by Gasteiger charge is 2.06. The van der Waals surface area contributed by atoms with Crippen molar-refractivity contribution in [2.45, 2.75) is 98.8 Å². The van der Waals surface area contributed by atoms with E-state index in [0.717, 1.165) is 41.3 Å². The molecule has 0 amide bonds. The van der Waals surface area contributed by atoms with Crippen molar-refractivity contribution >= 4 is 11.4 Å². The number of unbranched alkanes of at least 4 members (excludes halogenated alkanes) is 9. The van der Waals surface area contributed by atoms with Gasteiger partial charge in [0.1, 0.15) is 5.75 Å². The van der Waals surface area contributed by atoms with Crippen molar-refractivity contribution < 1.29 is 4.74 Å². The topological polar surface area (TPSA) is 34.0 Å². The predicted molar refractivity (Wildman–Crippen MR) is 133 cm³/mol. The van der Waals surface area contributed by atoms with Crippen molar-refractivity contribution in [1.82, 2.24) is 0 Å². The van der Waals surface area contributed by atoms with Gasteiger partial charge in [0, 0.05) is 0 Å². The first-order chi connectivity index (χ1) is 15.0. The third kappa shape index (κ3) is 9.25. The fraction of sp³-hybridized carbons (Fsp3) is 0.571. The summed E-state index contributed by atoms with van der Waals surface area (Å²) in [5, 5.41) is 8.96. The molecule has 0 aliphatic heterocycles. The van der Waals surface area contributed by atoms with Gasteiger partial charge in [-0.25, -0.2) is 0 Å². The molecule has 0 saturated carbocycles. The number of hydrogen-bond acceptors (Lipinski definition) is 3. The largest absolute Gasteiger partial charge is 0.494 e. The van der Waals surface area contributed by atoms with E-state index in [-0.39, 0.29) is 0 Å². The number of azo groups is 1. The van der Waals surface area contributed by atoms with Gasteiger partial charge < -0.3 is 4.74 Å². The second kappa shape index (κ2) is 14.0. The third-order valence-electron chi connectivity index (χ3n) is 5.99. The molecule has 31 heavy (non-hydrogen) atoms. The molecule has 0 unspecified atom stereocenters. The lowest BCUT2D eigenvalue weighted by Crippen LogP contribution is -1.98. The van der Waals surface area contributed by atoms with Crippen molar-refractivity contribution in [3.63, 3.8) is 0 Å². The van der Waals surface area contributed by atoms with Gasteiger partial charge in [-0.05, 0) is 80.6 Å². The fourth-order valence-electron chi connectivity index (χ4n) is 3.83. The molecule has 0 N–H and O–H groups in total. The first-order valence-corrected chi connectivity index (χ1v) is 12.2. The minimum atomic E-state index is 0.791. The Hall–Kier alpha value is -2.16. The Morgan fingerprint density at radius 1 is 0.613 bits per heavy atom. The summed E-state index contributed by atoms with van der Waals surface area (Å²) in [5.74, 6) is 0.941. The Morgan fingerprint density at radius 3 is 1.77 bits per heavy atom. The summed E-state index contributed by atoms with van der Waals surface area (Å²) < 4.78 is 6.01. The van der Waals surface area contributed by atoms with Crippen LogP contribution in [0.4, 0.5) is 11.4 Å². The first-order valence-electron chi connectivity index (χ1n) is 12.2. The molecule has 0 bridgehead atoms. The van der Waals surface area contributed by atoms with Crippen LogP contribution in [0, 0.1) is 27.7 Å². The summed E-state index contributed by atoms with van der Waals surface area (Å²) in [6.07, 6.45) is 13.4. The van der Waals surface area contributed by atoms with Crippen LogP contribution in [0.1, 0.15) is 93.4 Å². The van der Waals surface area contributed by atoms with Gasteiger partial charge in [0.15, 0.2) is 0 Å². The number of aryl methyl sites for hydroxylation is 4. The highest BCUT2D eigenvalue weighted by atomic mass is 16.5. The van der Waals surface area contributed by atoms with E-state index in [1.54, 1.807) is 0 Å². The van der Waals surface area contributed by atoms with E-state index < -0.39 is 0 Å². The Balaban J connectivity index is 1.73. The summed E-state index contributed by atoms with van der Waals surface area (Å²) in [6.45, 7) is 11.4. The van der Waals surface area contributed by atoms with E-state index >= 15 is 0 Å². The molecule has 3 heteroatoms. The molecule has 2 aromatic rings. The summed E-state index contributed by atoms with van der Waals surface area (Å²) in [5.41, 5.74) is 6.54. The normalized spacial score (nSPS) is 11.4. The molecule has 3 nitrogen and oxygen atoms in total.